The molecule has 1 amide bonds. The van der Waals surface area contributed by atoms with Crippen LogP contribution in [0.15, 0.2) is 46.1 Å². The largest absolute Gasteiger partial charge is 0.330 e. The summed E-state index contributed by atoms with van der Waals surface area (Å²) in [4.78, 5) is 43.7. The third kappa shape index (κ3) is 3.05. The second-order valence-corrected chi connectivity index (χ2v) is 7.10. The minimum atomic E-state index is -0.565. The fraction of sp³-hybridized carbons (Fsp3) is 0.211. The number of carbonyl (C=O) groups is 1. The normalized spacial score (nSPS) is 13.5. The van der Waals surface area contributed by atoms with Gasteiger partial charge in [0, 0.05) is 17.9 Å². The van der Waals surface area contributed by atoms with Crippen molar-refractivity contribution in [1.29, 1.82) is 0 Å². The zero-order valence-corrected chi connectivity index (χ0v) is 15.9. The van der Waals surface area contributed by atoms with Crippen LogP contribution in [0.25, 0.3) is 16.7 Å². The van der Waals surface area contributed by atoms with Crippen LogP contribution >= 0.6 is 0 Å². The van der Waals surface area contributed by atoms with E-state index in [1.165, 1.54) is 16.8 Å². The summed E-state index contributed by atoms with van der Waals surface area (Å²) in [6.45, 7) is 1.77. The van der Waals surface area contributed by atoms with Crippen LogP contribution in [0.2, 0.25) is 0 Å². The number of aryl methyl sites for hydroxylation is 1. The van der Waals surface area contributed by atoms with Crippen molar-refractivity contribution in [3.8, 4) is 5.69 Å². The van der Waals surface area contributed by atoms with Crippen molar-refractivity contribution in [2.24, 2.45) is 0 Å². The zero-order valence-electron chi connectivity index (χ0n) is 15.9. The van der Waals surface area contributed by atoms with Gasteiger partial charge in [-0.05, 0) is 54.5 Å². The van der Waals surface area contributed by atoms with Gasteiger partial charge in [-0.3, -0.25) is 19.1 Å². The Bertz CT molecular complexity index is 1410. The summed E-state index contributed by atoms with van der Waals surface area (Å²) in [5, 5.41) is 14.4. The van der Waals surface area contributed by atoms with Crippen molar-refractivity contribution in [2.45, 2.75) is 25.8 Å². The minimum Gasteiger partial charge on any atom is -0.322 e. The number of H-pyrrole nitrogens is 1. The first kappa shape index (κ1) is 17.9. The summed E-state index contributed by atoms with van der Waals surface area (Å²) in [6.07, 6.45) is 3.09. The molecule has 0 saturated heterocycles. The van der Waals surface area contributed by atoms with Gasteiger partial charge in [-0.15, -0.1) is 5.10 Å². The van der Waals surface area contributed by atoms with Crippen molar-refractivity contribution in [2.75, 3.05) is 5.32 Å². The van der Waals surface area contributed by atoms with Crippen LogP contribution in [0.5, 0.6) is 0 Å². The van der Waals surface area contributed by atoms with Gasteiger partial charge in [0.1, 0.15) is 5.65 Å². The van der Waals surface area contributed by atoms with E-state index in [0.717, 1.165) is 12.8 Å². The quantitative estimate of drug-likeness (QED) is 0.516. The van der Waals surface area contributed by atoms with Crippen molar-refractivity contribution in [1.82, 2.24) is 34.7 Å². The van der Waals surface area contributed by atoms with Crippen LogP contribution in [0.4, 0.5) is 5.69 Å². The summed E-state index contributed by atoms with van der Waals surface area (Å²) >= 11 is 0. The molecular formula is C19H16N8O3. The van der Waals surface area contributed by atoms with Gasteiger partial charge < -0.3 is 5.32 Å². The van der Waals surface area contributed by atoms with Crippen LogP contribution in [-0.4, -0.2) is 40.6 Å². The average molecular weight is 404 g/mol. The number of benzene rings is 1. The molecule has 1 aromatic carbocycles. The van der Waals surface area contributed by atoms with Crippen LogP contribution in [0, 0.1) is 6.92 Å². The van der Waals surface area contributed by atoms with E-state index in [9.17, 15) is 14.4 Å². The molecule has 0 spiro atoms. The lowest BCUT2D eigenvalue weighted by atomic mass is 10.2. The van der Waals surface area contributed by atoms with E-state index in [1.54, 1.807) is 29.8 Å². The van der Waals surface area contributed by atoms with E-state index < -0.39 is 17.2 Å². The van der Waals surface area contributed by atoms with E-state index in [4.69, 9.17) is 0 Å². The third-order valence-corrected chi connectivity index (χ3v) is 4.93. The van der Waals surface area contributed by atoms with Gasteiger partial charge >= 0.3 is 5.69 Å². The molecule has 0 unspecified atom stereocenters. The number of aromatic nitrogens is 7. The highest BCUT2D eigenvalue weighted by Gasteiger charge is 2.27. The molecule has 1 saturated carbocycles. The second-order valence-electron chi connectivity index (χ2n) is 7.10. The Morgan fingerprint density at radius 3 is 2.80 bits per heavy atom. The smallest absolute Gasteiger partial charge is 0.322 e. The molecule has 0 bridgehead atoms. The standard InChI is InChI=1S/C19H16N8O3/c1-10-23-24-25-27(10)14-4-2-3-12(8-14)21-17(28)11-7-15-16(20-9-11)26(13-5-6-13)19(30)22-18(15)29/h2-4,7-9,13H,5-6H2,1H3,(H,21,28)(H,22,29,30). The maximum atomic E-state index is 12.8. The Labute approximate surface area is 168 Å². The summed E-state index contributed by atoms with van der Waals surface area (Å²) in [5.74, 6) is 0.177. The highest BCUT2D eigenvalue weighted by atomic mass is 16.2. The van der Waals surface area contributed by atoms with Gasteiger partial charge in [0.15, 0.2) is 5.82 Å². The van der Waals surface area contributed by atoms with E-state index >= 15 is 0 Å². The van der Waals surface area contributed by atoms with Crippen molar-refractivity contribution >= 4 is 22.6 Å². The summed E-state index contributed by atoms with van der Waals surface area (Å²) in [6, 6.07) is 8.53. The van der Waals surface area contributed by atoms with Crippen LogP contribution < -0.4 is 16.6 Å². The van der Waals surface area contributed by atoms with Gasteiger partial charge in [0.05, 0.1) is 16.6 Å². The van der Waals surface area contributed by atoms with Crippen LogP contribution in [0.1, 0.15) is 35.1 Å². The lowest BCUT2D eigenvalue weighted by Crippen LogP contribution is -2.30. The number of fused-ring (bicyclic) bond motifs is 1. The molecule has 3 heterocycles. The first-order valence-electron chi connectivity index (χ1n) is 9.32. The molecule has 5 rings (SSSR count). The number of hydrogen-bond donors (Lipinski definition) is 2. The topological polar surface area (TPSA) is 140 Å². The lowest BCUT2D eigenvalue weighted by molar-refractivity contribution is 0.102. The van der Waals surface area contributed by atoms with Crippen molar-refractivity contribution in [3.05, 3.63) is 68.8 Å². The summed E-state index contributed by atoms with van der Waals surface area (Å²) < 4.78 is 3.03. The number of hydrogen-bond acceptors (Lipinski definition) is 7. The Hall–Kier alpha value is -4.15. The maximum absolute atomic E-state index is 12.8. The molecule has 30 heavy (non-hydrogen) atoms. The van der Waals surface area contributed by atoms with Crippen LogP contribution in [-0.2, 0) is 0 Å². The highest BCUT2D eigenvalue weighted by Crippen LogP contribution is 2.34. The molecule has 150 valence electrons. The molecule has 1 aliphatic carbocycles. The predicted octanol–water partition coefficient (Wildman–Crippen LogP) is 0.956. The Morgan fingerprint density at radius 2 is 2.07 bits per heavy atom. The zero-order chi connectivity index (χ0) is 20.8. The fourth-order valence-corrected chi connectivity index (χ4v) is 3.32. The molecule has 1 aliphatic rings. The fourth-order valence-electron chi connectivity index (χ4n) is 3.32. The van der Waals surface area contributed by atoms with Gasteiger partial charge in [-0.25, -0.2) is 9.78 Å². The molecule has 3 aromatic heterocycles. The van der Waals surface area contributed by atoms with Gasteiger partial charge in [0.25, 0.3) is 11.5 Å². The Kier molecular flexibility index (Phi) is 4.02. The number of aromatic amines is 1. The number of nitrogens with zero attached hydrogens (tertiary/aromatic N) is 6. The van der Waals surface area contributed by atoms with E-state index in [-0.39, 0.29) is 17.0 Å². The van der Waals surface area contributed by atoms with E-state index in [1.807, 2.05) is 6.07 Å². The van der Waals surface area contributed by atoms with E-state index in [0.29, 0.717) is 22.8 Å². The van der Waals surface area contributed by atoms with Crippen molar-refractivity contribution < 1.29 is 4.79 Å². The maximum Gasteiger partial charge on any atom is 0.330 e. The van der Waals surface area contributed by atoms with Gasteiger partial charge in [-0.2, -0.15) is 4.68 Å². The predicted molar refractivity (Wildman–Crippen MR) is 107 cm³/mol. The number of anilines is 1. The number of amides is 1. The summed E-state index contributed by atoms with van der Waals surface area (Å²) in [5.41, 5.74) is 0.678. The number of carbonyl (C=O) groups excluding carboxylic acids is 1. The second kappa shape index (κ2) is 6.72. The monoisotopic (exact) mass is 404 g/mol. The molecule has 4 aromatic rings. The minimum absolute atomic E-state index is 0.0431. The first-order chi connectivity index (χ1) is 14.5. The number of nitrogens with one attached hydrogen (secondary N) is 2. The third-order valence-electron chi connectivity index (χ3n) is 4.93. The molecular weight excluding hydrogens is 388 g/mol. The highest BCUT2D eigenvalue weighted by molar-refractivity contribution is 6.05. The molecule has 1 fully saturated rings. The number of tetrazole rings is 1. The van der Waals surface area contributed by atoms with Crippen LogP contribution in [0.3, 0.4) is 0 Å². The Balaban J connectivity index is 1.48. The molecule has 2 N–H and O–H groups in total. The number of rotatable bonds is 4. The molecule has 11 heteroatoms. The van der Waals surface area contributed by atoms with E-state index in [2.05, 4.69) is 30.8 Å². The summed E-state index contributed by atoms with van der Waals surface area (Å²) in [7, 11) is 0. The van der Waals surface area contributed by atoms with Gasteiger partial charge in [0.2, 0.25) is 0 Å². The first-order valence-corrected chi connectivity index (χ1v) is 9.32. The molecule has 0 radical (unpaired) electrons. The lowest BCUT2D eigenvalue weighted by Gasteiger charge is -2.10. The average Bonchev–Trinajstić information content (AvgIpc) is 3.47. The molecule has 0 aliphatic heterocycles. The molecule has 11 nitrogen and oxygen atoms in total. The van der Waals surface area contributed by atoms with Gasteiger partial charge in [-0.1, -0.05) is 6.07 Å². The molecule has 0 atom stereocenters. The number of pyridine rings is 1. The SMILES string of the molecule is Cc1nnnn1-c1cccc(NC(=O)c2cnc3c(c2)c(=O)[nH]c(=O)n3C2CC2)c1. The van der Waals surface area contributed by atoms with Crippen molar-refractivity contribution in [3.63, 3.8) is 0 Å². The Morgan fingerprint density at radius 1 is 1.23 bits per heavy atom.